The van der Waals surface area contributed by atoms with E-state index in [4.69, 9.17) is 4.42 Å². The fraction of sp³-hybridized carbons (Fsp3) is 0.375. The van der Waals surface area contributed by atoms with Crippen LogP contribution in [0.3, 0.4) is 0 Å². The van der Waals surface area contributed by atoms with Gasteiger partial charge in [-0.3, -0.25) is 0 Å². The highest BCUT2D eigenvalue weighted by Gasteiger charge is 2.17. The molecule has 2 aromatic rings. The summed E-state index contributed by atoms with van der Waals surface area (Å²) in [4.78, 5) is 0. The molecule has 0 saturated carbocycles. The Hall–Kier alpha value is -1.54. The molecule has 1 aromatic carbocycles. The topological polar surface area (TPSA) is 33.4 Å². The average Bonchev–Trinajstić information content (AvgIpc) is 2.84. The van der Waals surface area contributed by atoms with Gasteiger partial charge in [0.25, 0.3) is 0 Å². The van der Waals surface area contributed by atoms with Crippen molar-refractivity contribution in [1.29, 1.82) is 0 Å². The molecule has 0 amide bonds. The van der Waals surface area contributed by atoms with Crippen molar-refractivity contribution >= 4 is 0 Å². The Bertz CT molecular complexity index is 554. The van der Waals surface area contributed by atoms with Gasteiger partial charge in [-0.1, -0.05) is 18.2 Å². The number of rotatable bonds is 2. The maximum Gasteiger partial charge on any atom is 0.137 e. The third-order valence-electron chi connectivity index (χ3n) is 3.72. The summed E-state index contributed by atoms with van der Waals surface area (Å²) in [6.45, 7) is 1.89. The third-order valence-corrected chi connectivity index (χ3v) is 3.72. The number of hydrogen-bond donors (Lipinski definition) is 1. The summed E-state index contributed by atoms with van der Waals surface area (Å²) in [6, 6.07) is 10.0. The Kier molecular flexibility index (Phi) is 2.96. The minimum atomic E-state index is -0.647. The summed E-state index contributed by atoms with van der Waals surface area (Å²) >= 11 is 0. The molecule has 1 unspecified atom stereocenters. The Morgan fingerprint density at radius 1 is 1.06 bits per heavy atom. The van der Waals surface area contributed by atoms with Crippen LogP contribution in [0.4, 0.5) is 0 Å². The molecule has 1 aliphatic carbocycles. The maximum atomic E-state index is 10.3. The zero-order valence-electron chi connectivity index (χ0n) is 10.6. The fourth-order valence-electron chi connectivity index (χ4n) is 2.69. The van der Waals surface area contributed by atoms with Crippen LogP contribution in [0.25, 0.3) is 0 Å². The van der Waals surface area contributed by atoms with Gasteiger partial charge in [0.05, 0.1) is 0 Å². The quantitative estimate of drug-likeness (QED) is 0.873. The second-order valence-corrected chi connectivity index (χ2v) is 5.09. The first-order chi connectivity index (χ1) is 8.74. The first-order valence-corrected chi connectivity index (χ1v) is 6.60. The molecule has 2 nitrogen and oxygen atoms in total. The zero-order valence-corrected chi connectivity index (χ0v) is 10.6. The summed E-state index contributed by atoms with van der Waals surface area (Å²) in [5, 5.41) is 10.3. The average molecular weight is 242 g/mol. The van der Waals surface area contributed by atoms with E-state index in [0.717, 1.165) is 17.7 Å². The zero-order chi connectivity index (χ0) is 12.5. The van der Waals surface area contributed by atoms with Crippen LogP contribution in [0, 0.1) is 6.92 Å². The van der Waals surface area contributed by atoms with E-state index in [-0.39, 0.29) is 0 Å². The summed E-state index contributed by atoms with van der Waals surface area (Å²) < 4.78 is 5.49. The Balaban J connectivity index is 1.92. The summed E-state index contributed by atoms with van der Waals surface area (Å²) in [5.41, 5.74) is 3.76. The molecule has 0 saturated heterocycles. The fourth-order valence-corrected chi connectivity index (χ4v) is 2.69. The third kappa shape index (κ3) is 2.08. The smallest absolute Gasteiger partial charge is 0.137 e. The highest BCUT2D eigenvalue weighted by molar-refractivity contribution is 5.36. The van der Waals surface area contributed by atoms with Crippen molar-refractivity contribution in [3.05, 3.63) is 58.5 Å². The number of furan rings is 1. The van der Waals surface area contributed by atoms with Gasteiger partial charge in [0, 0.05) is 0 Å². The standard InChI is InChI=1S/C16H18O2/c1-11-6-9-15(18-11)16(17)14-8-7-12-4-2-3-5-13(12)10-14/h6-10,16-17H,2-5H2,1H3. The van der Waals surface area contributed by atoms with E-state index in [2.05, 4.69) is 12.1 Å². The molecule has 1 N–H and O–H groups in total. The minimum absolute atomic E-state index is 0.628. The Morgan fingerprint density at radius 2 is 1.83 bits per heavy atom. The molecule has 0 aliphatic heterocycles. The molecule has 1 aromatic heterocycles. The van der Waals surface area contributed by atoms with E-state index in [0.29, 0.717) is 5.76 Å². The van der Waals surface area contributed by atoms with Crippen LogP contribution in [0.15, 0.2) is 34.7 Å². The molecular weight excluding hydrogens is 224 g/mol. The van der Waals surface area contributed by atoms with Crippen molar-refractivity contribution in [2.24, 2.45) is 0 Å². The van der Waals surface area contributed by atoms with Crippen LogP contribution < -0.4 is 0 Å². The van der Waals surface area contributed by atoms with Crippen molar-refractivity contribution in [3.63, 3.8) is 0 Å². The van der Waals surface area contributed by atoms with Gasteiger partial charge in [0.15, 0.2) is 0 Å². The molecule has 2 heteroatoms. The number of fused-ring (bicyclic) bond motifs is 1. The van der Waals surface area contributed by atoms with E-state index in [1.807, 2.05) is 25.1 Å². The summed E-state index contributed by atoms with van der Waals surface area (Å²) in [5.74, 6) is 1.46. The van der Waals surface area contributed by atoms with Crippen LogP contribution in [0.1, 0.15) is 47.2 Å². The lowest BCUT2D eigenvalue weighted by Crippen LogP contribution is -2.05. The van der Waals surface area contributed by atoms with Crippen LogP contribution >= 0.6 is 0 Å². The molecule has 1 heterocycles. The van der Waals surface area contributed by atoms with Gasteiger partial charge < -0.3 is 9.52 Å². The van der Waals surface area contributed by atoms with E-state index >= 15 is 0 Å². The second-order valence-electron chi connectivity index (χ2n) is 5.09. The number of hydrogen-bond acceptors (Lipinski definition) is 2. The lowest BCUT2D eigenvalue weighted by molar-refractivity contribution is 0.187. The number of benzene rings is 1. The predicted octanol–water partition coefficient (Wildman–Crippen LogP) is 3.55. The van der Waals surface area contributed by atoms with Gasteiger partial charge in [0.2, 0.25) is 0 Å². The predicted molar refractivity (Wildman–Crippen MR) is 70.6 cm³/mol. The molecule has 0 radical (unpaired) electrons. The van der Waals surface area contributed by atoms with E-state index in [1.165, 1.54) is 30.4 Å². The lowest BCUT2D eigenvalue weighted by Gasteiger charge is -2.18. The largest absolute Gasteiger partial charge is 0.463 e. The van der Waals surface area contributed by atoms with Crippen LogP contribution in [-0.4, -0.2) is 5.11 Å². The van der Waals surface area contributed by atoms with E-state index in [1.54, 1.807) is 0 Å². The van der Waals surface area contributed by atoms with Crippen LogP contribution in [0.2, 0.25) is 0 Å². The molecule has 18 heavy (non-hydrogen) atoms. The Morgan fingerprint density at radius 3 is 2.56 bits per heavy atom. The van der Waals surface area contributed by atoms with Crippen molar-refractivity contribution in [2.75, 3.05) is 0 Å². The molecule has 0 fully saturated rings. The van der Waals surface area contributed by atoms with Gasteiger partial charge in [-0.15, -0.1) is 0 Å². The summed E-state index contributed by atoms with van der Waals surface area (Å²) in [6.07, 6.45) is 4.20. The number of aliphatic hydroxyl groups excluding tert-OH is 1. The first-order valence-electron chi connectivity index (χ1n) is 6.60. The lowest BCUT2D eigenvalue weighted by atomic mass is 9.89. The highest BCUT2D eigenvalue weighted by Crippen LogP contribution is 2.28. The molecule has 1 aliphatic rings. The van der Waals surface area contributed by atoms with Crippen molar-refractivity contribution in [3.8, 4) is 0 Å². The van der Waals surface area contributed by atoms with Gasteiger partial charge in [0.1, 0.15) is 17.6 Å². The van der Waals surface area contributed by atoms with Gasteiger partial charge in [-0.25, -0.2) is 0 Å². The van der Waals surface area contributed by atoms with E-state index in [9.17, 15) is 5.11 Å². The molecule has 94 valence electrons. The molecule has 1 atom stereocenters. The Labute approximate surface area is 107 Å². The number of aliphatic hydroxyl groups is 1. The van der Waals surface area contributed by atoms with Crippen molar-refractivity contribution in [2.45, 2.75) is 38.7 Å². The number of aryl methyl sites for hydroxylation is 3. The monoisotopic (exact) mass is 242 g/mol. The van der Waals surface area contributed by atoms with Gasteiger partial charge in [-0.05, 0) is 61.4 Å². The van der Waals surface area contributed by atoms with Crippen LogP contribution in [-0.2, 0) is 12.8 Å². The normalized spacial score (nSPS) is 16.3. The minimum Gasteiger partial charge on any atom is -0.463 e. The van der Waals surface area contributed by atoms with Crippen LogP contribution in [0.5, 0.6) is 0 Å². The highest BCUT2D eigenvalue weighted by atomic mass is 16.4. The second kappa shape index (κ2) is 4.62. The molecular formula is C16H18O2. The SMILES string of the molecule is Cc1ccc(C(O)c2ccc3c(c2)CCCC3)o1. The summed E-state index contributed by atoms with van der Waals surface area (Å²) in [7, 11) is 0. The van der Waals surface area contributed by atoms with Gasteiger partial charge in [-0.2, -0.15) is 0 Å². The molecule has 3 rings (SSSR count). The molecule has 0 spiro atoms. The first kappa shape index (κ1) is 11.5. The van der Waals surface area contributed by atoms with Crippen molar-refractivity contribution < 1.29 is 9.52 Å². The van der Waals surface area contributed by atoms with Gasteiger partial charge >= 0.3 is 0 Å². The maximum absolute atomic E-state index is 10.3. The molecule has 0 bridgehead atoms. The van der Waals surface area contributed by atoms with Crippen molar-refractivity contribution in [1.82, 2.24) is 0 Å². The van der Waals surface area contributed by atoms with E-state index < -0.39 is 6.10 Å².